The Balaban J connectivity index is 1.71. The number of fused-ring (bicyclic) bond motifs is 5. The minimum Gasteiger partial charge on any atom is -0.469 e. The van der Waals surface area contributed by atoms with Crippen LogP contribution in [0.2, 0.25) is 0 Å². The molecule has 0 saturated heterocycles. The van der Waals surface area contributed by atoms with E-state index in [1.54, 1.807) is 11.8 Å². The number of rotatable bonds is 1. The van der Waals surface area contributed by atoms with Gasteiger partial charge in [-0.3, -0.25) is 0 Å². The predicted molar refractivity (Wildman–Crippen MR) is 99.7 cm³/mol. The molecule has 1 heteroatoms. The molecule has 0 N–H and O–H groups in total. The van der Waals surface area contributed by atoms with Gasteiger partial charge in [0.2, 0.25) is 0 Å². The number of hydrogen-bond acceptors (Lipinski definition) is 1. The van der Waals surface area contributed by atoms with Gasteiger partial charge in [0.15, 0.2) is 0 Å². The molecule has 4 aromatic rings. The topological polar surface area (TPSA) is 13.1 Å². The number of aryl methyl sites for hydroxylation is 2. The van der Waals surface area contributed by atoms with Crippen LogP contribution < -0.4 is 0 Å². The molecule has 1 aliphatic rings. The first kappa shape index (κ1) is 13.9. The van der Waals surface area contributed by atoms with Crippen molar-refractivity contribution in [1.29, 1.82) is 0 Å². The van der Waals surface area contributed by atoms with Gasteiger partial charge in [-0.05, 0) is 76.6 Å². The maximum atomic E-state index is 5.66. The van der Waals surface area contributed by atoms with Crippen LogP contribution in [-0.2, 0) is 12.8 Å². The molecule has 0 aliphatic heterocycles. The lowest BCUT2D eigenvalue weighted by Crippen LogP contribution is -2.13. The summed E-state index contributed by atoms with van der Waals surface area (Å²) < 4.78 is 5.66. The Hall–Kier alpha value is -2.54. The monoisotopic (exact) mass is 312 g/mol. The molecule has 0 radical (unpaired) electrons. The van der Waals surface area contributed by atoms with E-state index >= 15 is 0 Å². The molecule has 1 atom stereocenters. The van der Waals surface area contributed by atoms with Crippen LogP contribution >= 0.6 is 0 Å². The Labute approximate surface area is 141 Å². The Morgan fingerprint density at radius 1 is 0.958 bits per heavy atom. The van der Waals surface area contributed by atoms with Crippen LogP contribution in [0.15, 0.2) is 65.3 Å². The van der Waals surface area contributed by atoms with Gasteiger partial charge in [0.25, 0.3) is 0 Å². The molecule has 5 rings (SSSR count). The zero-order chi connectivity index (χ0) is 16.1. The summed E-state index contributed by atoms with van der Waals surface area (Å²) in [6.45, 7) is 2.26. The fourth-order valence-corrected chi connectivity index (χ4v) is 4.47. The summed E-state index contributed by atoms with van der Waals surface area (Å²) >= 11 is 0. The number of hydrogen-bond donors (Lipinski definition) is 0. The summed E-state index contributed by atoms with van der Waals surface area (Å²) in [5, 5.41) is 5.59. The van der Waals surface area contributed by atoms with Crippen molar-refractivity contribution in [3.63, 3.8) is 0 Å². The van der Waals surface area contributed by atoms with E-state index in [-0.39, 0.29) is 0 Å². The lowest BCUT2D eigenvalue weighted by atomic mass is 9.79. The Morgan fingerprint density at radius 2 is 1.88 bits per heavy atom. The van der Waals surface area contributed by atoms with Crippen LogP contribution in [0, 0.1) is 6.92 Å². The molecule has 3 aromatic carbocycles. The van der Waals surface area contributed by atoms with Crippen molar-refractivity contribution < 1.29 is 4.42 Å². The summed E-state index contributed by atoms with van der Waals surface area (Å²) in [5.74, 6) is 1.65. The highest BCUT2D eigenvalue weighted by Crippen LogP contribution is 2.39. The molecule has 0 spiro atoms. The first-order valence-corrected chi connectivity index (χ1v) is 8.77. The molecule has 1 aliphatic carbocycles. The molecule has 1 aromatic heterocycles. The third kappa shape index (κ3) is 2.01. The summed E-state index contributed by atoms with van der Waals surface area (Å²) in [6.07, 6.45) is 5.19. The third-order valence-electron chi connectivity index (χ3n) is 5.58. The van der Waals surface area contributed by atoms with E-state index in [1.165, 1.54) is 39.1 Å². The van der Waals surface area contributed by atoms with Crippen molar-refractivity contribution in [3.8, 4) is 0 Å². The average Bonchev–Trinajstić information content (AvgIpc) is 3.15. The van der Waals surface area contributed by atoms with Crippen LogP contribution in [0.1, 0.15) is 34.8 Å². The highest BCUT2D eigenvalue weighted by atomic mass is 16.3. The standard InChI is InChI=1S/C23H20O/c1-15-13-16-5-2-3-6-19(16)21-11-8-17-14-18(22-7-4-12-24-22)9-10-20(17)23(15)21/h2-8,11-13,18H,9-10,14H2,1H3. The molecular weight excluding hydrogens is 292 g/mol. The van der Waals surface area contributed by atoms with Gasteiger partial charge in [-0.2, -0.15) is 0 Å². The fraction of sp³-hybridized carbons (Fsp3) is 0.217. The van der Waals surface area contributed by atoms with Crippen LogP contribution in [0.5, 0.6) is 0 Å². The second-order valence-electron chi connectivity index (χ2n) is 7.00. The van der Waals surface area contributed by atoms with E-state index in [2.05, 4.69) is 55.5 Å². The van der Waals surface area contributed by atoms with E-state index < -0.39 is 0 Å². The molecule has 118 valence electrons. The van der Waals surface area contributed by atoms with Crippen molar-refractivity contribution in [2.45, 2.75) is 32.1 Å². The highest BCUT2D eigenvalue weighted by Gasteiger charge is 2.24. The van der Waals surface area contributed by atoms with E-state index in [0.29, 0.717) is 5.92 Å². The summed E-state index contributed by atoms with van der Waals surface area (Å²) in [5.41, 5.74) is 4.45. The second-order valence-corrected chi connectivity index (χ2v) is 7.00. The second kappa shape index (κ2) is 5.24. The van der Waals surface area contributed by atoms with Crippen molar-refractivity contribution in [2.24, 2.45) is 0 Å². The molecule has 0 fully saturated rings. The summed E-state index contributed by atoms with van der Waals surface area (Å²) in [4.78, 5) is 0. The van der Waals surface area contributed by atoms with Gasteiger partial charge in [-0.15, -0.1) is 0 Å². The van der Waals surface area contributed by atoms with E-state index in [1.807, 2.05) is 6.07 Å². The predicted octanol–water partition coefficient (Wildman–Crippen LogP) is 6.17. The normalized spacial score (nSPS) is 17.3. The van der Waals surface area contributed by atoms with Gasteiger partial charge < -0.3 is 4.42 Å². The lowest BCUT2D eigenvalue weighted by molar-refractivity contribution is 0.434. The smallest absolute Gasteiger partial charge is 0.107 e. The molecule has 0 amide bonds. The maximum absolute atomic E-state index is 5.66. The van der Waals surface area contributed by atoms with Crippen molar-refractivity contribution in [3.05, 3.63) is 83.3 Å². The van der Waals surface area contributed by atoms with Gasteiger partial charge >= 0.3 is 0 Å². The molecule has 0 bridgehead atoms. The molecular formula is C23H20O. The maximum Gasteiger partial charge on any atom is 0.107 e. The molecule has 1 nitrogen and oxygen atoms in total. The molecule has 1 heterocycles. The number of furan rings is 1. The quantitative estimate of drug-likeness (QED) is 0.383. The molecule has 0 saturated carbocycles. The molecule has 1 unspecified atom stereocenters. The fourth-order valence-electron chi connectivity index (χ4n) is 4.47. The largest absolute Gasteiger partial charge is 0.469 e. The summed E-state index contributed by atoms with van der Waals surface area (Å²) in [6, 6.07) is 19.9. The zero-order valence-corrected chi connectivity index (χ0v) is 13.9. The van der Waals surface area contributed by atoms with Crippen molar-refractivity contribution in [2.75, 3.05) is 0 Å². The zero-order valence-electron chi connectivity index (χ0n) is 13.9. The van der Waals surface area contributed by atoms with Gasteiger partial charge in [0.05, 0.1) is 6.26 Å². The Bertz CT molecular complexity index is 1040. The highest BCUT2D eigenvalue weighted by molar-refractivity contribution is 6.10. The SMILES string of the molecule is Cc1cc2ccccc2c2ccc3c(c12)CCC(c1ccco1)C3. The first-order chi connectivity index (χ1) is 11.8. The van der Waals surface area contributed by atoms with Gasteiger partial charge in [0, 0.05) is 5.92 Å². The number of benzene rings is 3. The van der Waals surface area contributed by atoms with Crippen molar-refractivity contribution in [1.82, 2.24) is 0 Å². The van der Waals surface area contributed by atoms with E-state index in [4.69, 9.17) is 4.42 Å². The van der Waals surface area contributed by atoms with Gasteiger partial charge in [0.1, 0.15) is 5.76 Å². The van der Waals surface area contributed by atoms with Crippen LogP contribution in [0.25, 0.3) is 21.5 Å². The minimum atomic E-state index is 0.519. The van der Waals surface area contributed by atoms with Gasteiger partial charge in [-0.25, -0.2) is 0 Å². The minimum absolute atomic E-state index is 0.519. The first-order valence-electron chi connectivity index (χ1n) is 8.77. The lowest BCUT2D eigenvalue weighted by Gasteiger charge is -2.25. The van der Waals surface area contributed by atoms with E-state index in [9.17, 15) is 0 Å². The van der Waals surface area contributed by atoms with Crippen molar-refractivity contribution >= 4 is 21.5 Å². The third-order valence-corrected chi connectivity index (χ3v) is 5.58. The Morgan fingerprint density at radius 3 is 2.75 bits per heavy atom. The van der Waals surface area contributed by atoms with Gasteiger partial charge in [-0.1, -0.05) is 42.5 Å². The van der Waals surface area contributed by atoms with E-state index in [0.717, 1.165) is 18.6 Å². The average molecular weight is 312 g/mol. The summed E-state index contributed by atoms with van der Waals surface area (Å²) in [7, 11) is 0. The van der Waals surface area contributed by atoms with Crippen LogP contribution in [0.4, 0.5) is 0 Å². The van der Waals surface area contributed by atoms with Crippen LogP contribution in [0.3, 0.4) is 0 Å². The Kier molecular flexibility index (Phi) is 3.02. The van der Waals surface area contributed by atoms with Crippen LogP contribution in [-0.4, -0.2) is 0 Å². The molecule has 24 heavy (non-hydrogen) atoms.